The molecule has 0 atom stereocenters. The van der Waals surface area contributed by atoms with Crippen molar-refractivity contribution in [3.8, 4) is 22.8 Å². The van der Waals surface area contributed by atoms with Crippen molar-refractivity contribution in [3.05, 3.63) is 89.4 Å². The first-order chi connectivity index (χ1) is 19.1. The minimum Gasteiger partial charge on any atom is -0.367 e. The molecular formula is C28H31BrF2N8. The van der Waals surface area contributed by atoms with E-state index in [9.17, 15) is 8.78 Å². The summed E-state index contributed by atoms with van der Waals surface area (Å²) >= 11 is 3.09. The van der Waals surface area contributed by atoms with Gasteiger partial charge in [0.1, 0.15) is 11.6 Å². The van der Waals surface area contributed by atoms with Gasteiger partial charge in [0.15, 0.2) is 11.6 Å². The van der Waals surface area contributed by atoms with E-state index in [4.69, 9.17) is 0 Å². The molecule has 0 amide bonds. The predicted molar refractivity (Wildman–Crippen MR) is 153 cm³/mol. The van der Waals surface area contributed by atoms with Gasteiger partial charge in [0.2, 0.25) is 0 Å². The number of benzene rings is 2. The number of halogens is 3. The SMILES string of the molecule is C1CNCCN1.Fc1cc(-c2ncccn2)ccc1Br.Fc1cc(-c2ncccn2)ccc1N1CCNCC1. The minimum atomic E-state index is -0.310. The van der Waals surface area contributed by atoms with Crippen molar-refractivity contribution >= 4 is 21.6 Å². The van der Waals surface area contributed by atoms with Crippen LogP contribution < -0.4 is 20.9 Å². The summed E-state index contributed by atoms with van der Waals surface area (Å²) in [5.41, 5.74) is 2.03. The van der Waals surface area contributed by atoms with Crippen LogP contribution in [0.5, 0.6) is 0 Å². The maximum Gasteiger partial charge on any atom is 0.159 e. The van der Waals surface area contributed by atoms with Crippen LogP contribution >= 0.6 is 15.9 Å². The first-order valence-corrected chi connectivity index (χ1v) is 13.6. The first kappa shape index (κ1) is 28.6. The highest BCUT2D eigenvalue weighted by Gasteiger charge is 2.15. The maximum atomic E-state index is 14.2. The average molecular weight is 598 g/mol. The van der Waals surface area contributed by atoms with Gasteiger partial charge in [-0.25, -0.2) is 28.7 Å². The summed E-state index contributed by atoms with van der Waals surface area (Å²) in [6, 6.07) is 13.5. The molecule has 2 saturated heterocycles. The first-order valence-electron chi connectivity index (χ1n) is 12.8. The van der Waals surface area contributed by atoms with Crippen molar-refractivity contribution in [3.63, 3.8) is 0 Å². The predicted octanol–water partition coefficient (Wildman–Crippen LogP) is 3.92. The lowest BCUT2D eigenvalue weighted by atomic mass is 10.1. The van der Waals surface area contributed by atoms with Gasteiger partial charge in [0, 0.05) is 88.3 Å². The lowest BCUT2D eigenvalue weighted by molar-refractivity contribution is 0.534. The van der Waals surface area contributed by atoms with Gasteiger partial charge in [0.25, 0.3) is 0 Å². The fraction of sp³-hybridized carbons (Fsp3) is 0.286. The zero-order chi connectivity index (χ0) is 27.3. The third-order valence-corrected chi connectivity index (χ3v) is 6.57. The number of anilines is 1. The molecule has 0 saturated carbocycles. The van der Waals surface area contributed by atoms with Crippen molar-refractivity contribution in [2.75, 3.05) is 57.3 Å². The molecule has 0 aliphatic carbocycles. The van der Waals surface area contributed by atoms with Crippen molar-refractivity contribution in [1.82, 2.24) is 35.9 Å². The zero-order valence-corrected chi connectivity index (χ0v) is 23.0. The molecule has 0 bridgehead atoms. The summed E-state index contributed by atoms with van der Waals surface area (Å²) < 4.78 is 27.8. The Morgan fingerprint density at radius 2 is 1.08 bits per heavy atom. The highest BCUT2D eigenvalue weighted by Crippen LogP contribution is 2.25. The summed E-state index contributed by atoms with van der Waals surface area (Å²) in [5.74, 6) is 0.550. The minimum absolute atomic E-state index is 0.216. The molecule has 0 unspecified atom stereocenters. The van der Waals surface area contributed by atoms with E-state index in [-0.39, 0.29) is 11.6 Å². The third-order valence-electron chi connectivity index (χ3n) is 5.93. The molecule has 6 rings (SSSR count). The Kier molecular flexibility index (Phi) is 11.2. The smallest absolute Gasteiger partial charge is 0.159 e. The van der Waals surface area contributed by atoms with Crippen molar-refractivity contribution < 1.29 is 8.78 Å². The van der Waals surface area contributed by atoms with E-state index in [0.717, 1.165) is 52.4 Å². The van der Waals surface area contributed by atoms with Gasteiger partial charge in [-0.3, -0.25) is 0 Å². The van der Waals surface area contributed by atoms with E-state index >= 15 is 0 Å². The van der Waals surface area contributed by atoms with Gasteiger partial charge < -0.3 is 20.9 Å². The molecule has 0 radical (unpaired) electrons. The monoisotopic (exact) mass is 596 g/mol. The Bertz CT molecular complexity index is 1280. The second kappa shape index (κ2) is 15.3. The van der Waals surface area contributed by atoms with E-state index in [0.29, 0.717) is 32.9 Å². The number of piperazine rings is 2. The maximum absolute atomic E-state index is 14.2. The Labute approximate surface area is 235 Å². The summed E-state index contributed by atoms with van der Waals surface area (Å²) in [4.78, 5) is 18.4. The van der Waals surface area contributed by atoms with Crippen LogP contribution in [0.4, 0.5) is 14.5 Å². The van der Waals surface area contributed by atoms with E-state index in [1.807, 2.05) is 12.1 Å². The molecule has 204 valence electrons. The topological polar surface area (TPSA) is 90.9 Å². The zero-order valence-electron chi connectivity index (χ0n) is 21.5. The number of aromatic nitrogens is 4. The van der Waals surface area contributed by atoms with Crippen LogP contribution in [0.15, 0.2) is 77.8 Å². The van der Waals surface area contributed by atoms with Crippen LogP contribution in [0.3, 0.4) is 0 Å². The fourth-order valence-electron chi connectivity index (χ4n) is 3.94. The number of nitrogens with zero attached hydrogens (tertiary/aromatic N) is 5. The van der Waals surface area contributed by atoms with Crippen LogP contribution in [0.25, 0.3) is 22.8 Å². The molecule has 2 aromatic carbocycles. The van der Waals surface area contributed by atoms with E-state index in [1.54, 1.807) is 49.1 Å². The summed E-state index contributed by atoms with van der Waals surface area (Å²) in [6.07, 6.45) is 6.57. The highest BCUT2D eigenvalue weighted by atomic mass is 79.9. The molecule has 11 heteroatoms. The van der Waals surface area contributed by atoms with Crippen LogP contribution in [0.1, 0.15) is 0 Å². The average Bonchev–Trinajstić information content (AvgIpc) is 3.01. The molecule has 4 heterocycles. The van der Waals surface area contributed by atoms with Crippen molar-refractivity contribution in [1.29, 1.82) is 0 Å². The summed E-state index contributed by atoms with van der Waals surface area (Å²) in [5, 5.41) is 9.70. The quantitative estimate of drug-likeness (QED) is 0.328. The van der Waals surface area contributed by atoms with E-state index in [1.165, 1.54) is 12.1 Å². The highest BCUT2D eigenvalue weighted by molar-refractivity contribution is 9.10. The second-order valence-electron chi connectivity index (χ2n) is 8.68. The number of rotatable bonds is 3. The number of hydrogen-bond donors (Lipinski definition) is 3. The fourth-order valence-corrected chi connectivity index (χ4v) is 4.19. The number of hydrogen-bond acceptors (Lipinski definition) is 8. The Morgan fingerprint density at radius 3 is 1.54 bits per heavy atom. The van der Waals surface area contributed by atoms with E-state index in [2.05, 4.69) is 56.7 Å². The molecule has 8 nitrogen and oxygen atoms in total. The summed E-state index contributed by atoms with van der Waals surface area (Å²) in [7, 11) is 0. The molecule has 3 N–H and O–H groups in total. The molecule has 2 aliphatic rings. The largest absolute Gasteiger partial charge is 0.367 e. The van der Waals surface area contributed by atoms with Crippen molar-refractivity contribution in [2.24, 2.45) is 0 Å². The molecule has 0 spiro atoms. The van der Waals surface area contributed by atoms with Gasteiger partial charge in [-0.05, 0) is 64.5 Å². The van der Waals surface area contributed by atoms with Gasteiger partial charge in [0.05, 0.1) is 10.2 Å². The van der Waals surface area contributed by atoms with Gasteiger partial charge in [-0.2, -0.15) is 0 Å². The van der Waals surface area contributed by atoms with Crippen LogP contribution in [-0.2, 0) is 0 Å². The second-order valence-corrected chi connectivity index (χ2v) is 9.53. The number of nitrogens with one attached hydrogen (secondary N) is 3. The van der Waals surface area contributed by atoms with Crippen molar-refractivity contribution in [2.45, 2.75) is 0 Å². The Hall–Kier alpha value is -3.38. The van der Waals surface area contributed by atoms with Gasteiger partial charge >= 0.3 is 0 Å². The molecule has 4 aromatic rings. The van der Waals surface area contributed by atoms with Crippen LogP contribution in [0.2, 0.25) is 0 Å². The lowest BCUT2D eigenvalue weighted by Gasteiger charge is -2.29. The Morgan fingerprint density at radius 1 is 0.615 bits per heavy atom. The molecule has 39 heavy (non-hydrogen) atoms. The molecule has 2 fully saturated rings. The van der Waals surface area contributed by atoms with Gasteiger partial charge in [-0.1, -0.05) is 0 Å². The van der Waals surface area contributed by atoms with Gasteiger partial charge in [-0.15, -0.1) is 0 Å². The van der Waals surface area contributed by atoms with E-state index < -0.39 is 0 Å². The third kappa shape index (κ3) is 8.82. The van der Waals surface area contributed by atoms with Crippen LogP contribution in [-0.4, -0.2) is 72.3 Å². The lowest BCUT2D eigenvalue weighted by Crippen LogP contribution is -2.43. The standard InChI is InChI=1S/C14H15FN4.C10H6BrFN2.C4H10N2/c15-12-10-11(14-17-4-1-5-18-14)2-3-13(12)19-8-6-16-7-9-19;11-8-3-2-7(6-9(8)12)10-13-4-1-5-14-10;1-2-6-4-3-5-1/h1-5,10,16H,6-9H2;1-6H;5-6H,1-4H2. The molecule has 2 aromatic heterocycles. The molecule has 2 aliphatic heterocycles. The Balaban J connectivity index is 0.000000154. The van der Waals surface area contributed by atoms with Crippen LogP contribution in [0, 0.1) is 11.6 Å². The normalized spacial score (nSPS) is 14.9. The summed E-state index contributed by atoms with van der Waals surface area (Å²) in [6.45, 7) is 8.00. The molecular weight excluding hydrogens is 566 g/mol.